The van der Waals surface area contributed by atoms with Crippen molar-refractivity contribution >= 4 is 39.9 Å². The molecule has 0 spiro atoms. The third-order valence-corrected chi connectivity index (χ3v) is 7.06. The van der Waals surface area contributed by atoms with Crippen molar-refractivity contribution in [3.8, 4) is 0 Å². The van der Waals surface area contributed by atoms with Crippen LogP contribution < -0.4 is 16.2 Å². The number of hydrogen-bond donors (Lipinski definition) is 3. The van der Waals surface area contributed by atoms with Gasteiger partial charge in [-0.05, 0) is 57.1 Å². The number of fused-ring (bicyclic) bond motifs is 3. The fourth-order valence-electron chi connectivity index (χ4n) is 4.26. The zero-order valence-electron chi connectivity index (χ0n) is 16.5. The standard InChI is InChI=1S/C20H28N4O2S.ClH/c1-11-5-6-13-15(10-11)27-20-18(13)19(26)23-16(24-20)7-8-17(25)22-14-4-3-9-21-12(14)2;/h11-12,14,21H,3-10H2,1-2H3,(H,22,25)(H,23,24,26);1H. The van der Waals surface area contributed by atoms with Crippen LogP contribution in [0.15, 0.2) is 4.79 Å². The molecule has 3 atom stereocenters. The summed E-state index contributed by atoms with van der Waals surface area (Å²) in [6, 6.07) is 0.489. The molecule has 1 saturated heterocycles. The molecule has 2 aromatic rings. The van der Waals surface area contributed by atoms with Crippen LogP contribution in [0.4, 0.5) is 0 Å². The number of carbonyl (C=O) groups is 1. The lowest BCUT2D eigenvalue weighted by molar-refractivity contribution is -0.122. The molecular weight excluding hydrogens is 396 g/mol. The van der Waals surface area contributed by atoms with Gasteiger partial charge in [0.05, 0.1) is 5.39 Å². The van der Waals surface area contributed by atoms with Gasteiger partial charge in [0.2, 0.25) is 5.91 Å². The second-order valence-electron chi connectivity index (χ2n) is 8.10. The maximum Gasteiger partial charge on any atom is 0.259 e. The summed E-state index contributed by atoms with van der Waals surface area (Å²) in [4.78, 5) is 34.7. The average Bonchev–Trinajstić information content (AvgIpc) is 2.99. The van der Waals surface area contributed by atoms with Crippen molar-refractivity contribution in [3.63, 3.8) is 0 Å². The second-order valence-corrected chi connectivity index (χ2v) is 9.19. The van der Waals surface area contributed by atoms with E-state index >= 15 is 0 Å². The minimum Gasteiger partial charge on any atom is -0.352 e. The van der Waals surface area contributed by atoms with Gasteiger partial charge < -0.3 is 15.6 Å². The van der Waals surface area contributed by atoms with Crippen LogP contribution in [-0.4, -0.2) is 34.5 Å². The highest BCUT2D eigenvalue weighted by molar-refractivity contribution is 7.18. The molecule has 1 amide bonds. The van der Waals surface area contributed by atoms with Crippen molar-refractivity contribution in [2.24, 2.45) is 5.92 Å². The number of aromatic nitrogens is 2. The number of hydrogen-bond acceptors (Lipinski definition) is 5. The molecule has 0 bridgehead atoms. The highest BCUT2D eigenvalue weighted by atomic mass is 35.5. The van der Waals surface area contributed by atoms with Gasteiger partial charge in [-0.25, -0.2) is 4.98 Å². The topological polar surface area (TPSA) is 86.9 Å². The van der Waals surface area contributed by atoms with E-state index in [9.17, 15) is 9.59 Å². The Labute approximate surface area is 175 Å². The Balaban J connectivity index is 0.00000225. The lowest BCUT2D eigenvalue weighted by Gasteiger charge is -2.30. The molecule has 154 valence electrons. The van der Waals surface area contributed by atoms with Crippen molar-refractivity contribution in [3.05, 3.63) is 26.6 Å². The first-order valence-electron chi connectivity index (χ1n) is 10.1. The molecular formula is C20H29ClN4O2S. The predicted molar refractivity (Wildman–Crippen MR) is 116 cm³/mol. The van der Waals surface area contributed by atoms with Gasteiger partial charge in [0.1, 0.15) is 10.7 Å². The number of rotatable bonds is 4. The van der Waals surface area contributed by atoms with Gasteiger partial charge in [0.25, 0.3) is 5.56 Å². The van der Waals surface area contributed by atoms with Gasteiger partial charge in [-0.1, -0.05) is 6.92 Å². The number of amides is 1. The maximum atomic E-state index is 12.6. The summed E-state index contributed by atoms with van der Waals surface area (Å²) >= 11 is 1.65. The summed E-state index contributed by atoms with van der Waals surface area (Å²) in [5.74, 6) is 1.31. The lowest BCUT2D eigenvalue weighted by Crippen LogP contribution is -2.51. The average molecular weight is 425 g/mol. The van der Waals surface area contributed by atoms with E-state index in [1.807, 2.05) is 0 Å². The Hall–Kier alpha value is -1.44. The van der Waals surface area contributed by atoms with Crippen molar-refractivity contribution in [2.45, 2.75) is 70.9 Å². The Bertz CT molecular complexity index is 909. The first kappa shape index (κ1) is 21.3. The fraction of sp³-hybridized carbons (Fsp3) is 0.650. The quantitative estimate of drug-likeness (QED) is 0.704. The molecule has 3 N–H and O–H groups in total. The fourth-order valence-corrected chi connectivity index (χ4v) is 5.67. The lowest BCUT2D eigenvalue weighted by atomic mass is 9.89. The third-order valence-electron chi connectivity index (χ3n) is 5.91. The molecule has 1 fully saturated rings. The van der Waals surface area contributed by atoms with Gasteiger partial charge in [0.15, 0.2) is 0 Å². The monoisotopic (exact) mass is 424 g/mol. The molecule has 28 heavy (non-hydrogen) atoms. The number of nitrogens with zero attached hydrogens (tertiary/aromatic N) is 1. The molecule has 3 heterocycles. The van der Waals surface area contributed by atoms with E-state index < -0.39 is 0 Å². The molecule has 2 aromatic heterocycles. The van der Waals surface area contributed by atoms with Crippen molar-refractivity contribution in [1.29, 1.82) is 0 Å². The van der Waals surface area contributed by atoms with Gasteiger partial charge in [0, 0.05) is 29.8 Å². The first-order valence-corrected chi connectivity index (χ1v) is 10.9. The van der Waals surface area contributed by atoms with E-state index in [1.54, 1.807) is 11.3 Å². The number of H-pyrrole nitrogens is 1. The SMILES string of the molecule is CC1CCc2c(sc3nc(CCC(=O)NC4CCCNC4C)[nH]c(=O)c23)C1.Cl. The highest BCUT2D eigenvalue weighted by Crippen LogP contribution is 2.35. The summed E-state index contributed by atoms with van der Waals surface area (Å²) in [7, 11) is 0. The van der Waals surface area contributed by atoms with Crippen LogP contribution in [0.3, 0.4) is 0 Å². The van der Waals surface area contributed by atoms with Crippen LogP contribution in [0.5, 0.6) is 0 Å². The molecule has 0 aromatic carbocycles. The third kappa shape index (κ3) is 4.42. The molecule has 6 nitrogen and oxygen atoms in total. The molecule has 4 rings (SSSR count). The van der Waals surface area contributed by atoms with Gasteiger partial charge in [-0.3, -0.25) is 9.59 Å². The number of thiophene rings is 1. The number of halogens is 1. The Morgan fingerprint density at radius 1 is 1.32 bits per heavy atom. The number of piperidine rings is 1. The smallest absolute Gasteiger partial charge is 0.259 e. The van der Waals surface area contributed by atoms with E-state index in [2.05, 4.69) is 34.4 Å². The zero-order chi connectivity index (χ0) is 19.0. The van der Waals surface area contributed by atoms with E-state index in [0.717, 1.165) is 48.9 Å². The highest BCUT2D eigenvalue weighted by Gasteiger charge is 2.24. The van der Waals surface area contributed by atoms with E-state index in [-0.39, 0.29) is 29.9 Å². The number of nitrogens with one attached hydrogen (secondary N) is 3. The van der Waals surface area contributed by atoms with Crippen molar-refractivity contribution in [2.75, 3.05) is 6.54 Å². The van der Waals surface area contributed by atoms with Crippen molar-refractivity contribution in [1.82, 2.24) is 20.6 Å². The van der Waals surface area contributed by atoms with Crippen LogP contribution in [-0.2, 0) is 24.1 Å². The molecule has 1 aliphatic carbocycles. The molecule has 1 aliphatic heterocycles. The zero-order valence-corrected chi connectivity index (χ0v) is 18.1. The van der Waals surface area contributed by atoms with Crippen LogP contribution in [0.2, 0.25) is 0 Å². The summed E-state index contributed by atoms with van der Waals surface area (Å²) in [6.45, 7) is 5.39. The van der Waals surface area contributed by atoms with Crippen LogP contribution in [0, 0.1) is 5.92 Å². The van der Waals surface area contributed by atoms with Gasteiger partial charge in [-0.15, -0.1) is 23.7 Å². The number of carbonyl (C=O) groups excluding carboxylic acids is 1. The molecule has 3 unspecified atom stereocenters. The number of aryl methyl sites for hydroxylation is 2. The van der Waals surface area contributed by atoms with E-state index in [1.165, 1.54) is 10.4 Å². The van der Waals surface area contributed by atoms with Crippen LogP contribution >= 0.6 is 23.7 Å². The van der Waals surface area contributed by atoms with Crippen LogP contribution in [0.1, 0.15) is 55.8 Å². The Kier molecular flexibility index (Phi) is 6.78. The predicted octanol–water partition coefficient (Wildman–Crippen LogP) is 2.72. The Morgan fingerprint density at radius 2 is 2.14 bits per heavy atom. The van der Waals surface area contributed by atoms with Gasteiger partial charge in [-0.2, -0.15) is 0 Å². The van der Waals surface area contributed by atoms with E-state index in [4.69, 9.17) is 0 Å². The van der Waals surface area contributed by atoms with Gasteiger partial charge >= 0.3 is 0 Å². The summed E-state index contributed by atoms with van der Waals surface area (Å²) in [5, 5.41) is 7.28. The normalized spacial score (nSPS) is 24.4. The minimum atomic E-state index is -0.0486. The molecule has 2 aliphatic rings. The summed E-state index contributed by atoms with van der Waals surface area (Å²) in [5.41, 5.74) is 1.15. The molecule has 8 heteroatoms. The number of aromatic amines is 1. The Morgan fingerprint density at radius 3 is 2.93 bits per heavy atom. The van der Waals surface area contributed by atoms with Crippen LogP contribution in [0.25, 0.3) is 10.2 Å². The minimum absolute atomic E-state index is 0. The largest absolute Gasteiger partial charge is 0.352 e. The molecule has 0 radical (unpaired) electrons. The maximum absolute atomic E-state index is 12.6. The summed E-state index contributed by atoms with van der Waals surface area (Å²) in [6.07, 6.45) is 6.05. The van der Waals surface area contributed by atoms with E-state index in [0.29, 0.717) is 30.6 Å². The molecule has 0 saturated carbocycles. The summed E-state index contributed by atoms with van der Waals surface area (Å²) < 4.78 is 0. The second kappa shape index (κ2) is 8.93. The van der Waals surface area contributed by atoms with Crippen molar-refractivity contribution < 1.29 is 4.79 Å². The first-order chi connectivity index (χ1) is 13.0.